The van der Waals surface area contributed by atoms with Gasteiger partial charge in [0.15, 0.2) is 5.17 Å². The van der Waals surface area contributed by atoms with Gasteiger partial charge in [-0.25, -0.2) is 0 Å². The highest BCUT2D eigenvalue weighted by Gasteiger charge is 2.29. The number of rotatable bonds is 6. The molecule has 0 bridgehead atoms. The second-order valence-electron chi connectivity index (χ2n) is 6.13. The van der Waals surface area contributed by atoms with Crippen LogP contribution in [0.1, 0.15) is 30.0 Å². The minimum Gasteiger partial charge on any atom is -0.379 e. The Morgan fingerprint density at radius 1 is 1.40 bits per heavy atom. The summed E-state index contributed by atoms with van der Waals surface area (Å²) in [7, 11) is 0. The smallest absolute Gasteiger partial charge is 0.154 e. The first-order valence-corrected chi connectivity index (χ1v) is 9.10. The van der Waals surface area contributed by atoms with Gasteiger partial charge in [0, 0.05) is 18.1 Å². The normalized spacial score (nSPS) is 20.0. The number of pyridine rings is 1. The summed E-state index contributed by atoms with van der Waals surface area (Å²) in [5.74, 6) is 0.976. The Morgan fingerprint density at radius 3 is 3.04 bits per heavy atom. The molecule has 6 heteroatoms. The van der Waals surface area contributed by atoms with E-state index in [-0.39, 0.29) is 5.54 Å². The fraction of sp³-hybridized carbons (Fsp3) is 0.263. The molecular formula is C19H22N4OS. The largest absolute Gasteiger partial charge is 0.379 e. The lowest BCUT2D eigenvalue weighted by Gasteiger charge is -2.30. The molecule has 25 heavy (non-hydrogen) atoms. The van der Waals surface area contributed by atoms with Crippen molar-refractivity contribution in [1.29, 1.82) is 0 Å². The summed E-state index contributed by atoms with van der Waals surface area (Å²) in [5, 5.41) is 0.649. The van der Waals surface area contributed by atoms with Gasteiger partial charge < -0.3 is 5.73 Å². The van der Waals surface area contributed by atoms with Crippen molar-refractivity contribution in [1.82, 2.24) is 10.5 Å². The third-order valence-corrected chi connectivity index (χ3v) is 4.98. The average Bonchev–Trinajstić information content (AvgIpc) is 2.62. The van der Waals surface area contributed by atoms with Crippen LogP contribution in [0.2, 0.25) is 0 Å². The second kappa shape index (κ2) is 7.72. The molecule has 3 rings (SSSR count). The van der Waals surface area contributed by atoms with Crippen molar-refractivity contribution in [3.8, 4) is 0 Å². The zero-order chi connectivity index (χ0) is 17.7. The van der Waals surface area contributed by atoms with E-state index in [1.165, 1.54) is 0 Å². The topological polar surface area (TPSA) is 72.5 Å². The van der Waals surface area contributed by atoms with Gasteiger partial charge in [0.2, 0.25) is 0 Å². The van der Waals surface area contributed by atoms with Gasteiger partial charge in [-0.3, -0.25) is 20.3 Å². The summed E-state index contributed by atoms with van der Waals surface area (Å²) in [6.07, 6.45) is 4.47. The summed E-state index contributed by atoms with van der Waals surface area (Å²) in [5.41, 5.74) is 12.3. The summed E-state index contributed by atoms with van der Waals surface area (Å²) in [4.78, 5) is 14.2. The maximum atomic E-state index is 5.92. The van der Waals surface area contributed by atoms with Crippen molar-refractivity contribution in [2.24, 2.45) is 10.7 Å². The minimum absolute atomic E-state index is 0.289. The Labute approximate surface area is 152 Å². The van der Waals surface area contributed by atoms with Crippen LogP contribution in [0.4, 0.5) is 0 Å². The lowest BCUT2D eigenvalue weighted by molar-refractivity contribution is 0.0646. The van der Waals surface area contributed by atoms with Gasteiger partial charge in [-0.15, -0.1) is 0 Å². The Morgan fingerprint density at radius 2 is 2.28 bits per heavy atom. The number of nitrogens with zero attached hydrogens (tertiary/aromatic N) is 2. The van der Waals surface area contributed by atoms with Crippen LogP contribution in [0.25, 0.3) is 5.70 Å². The van der Waals surface area contributed by atoms with Crippen LogP contribution in [0, 0.1) is 0 Å². The van der Waals surface area contributed by atoms with Crippen molar-refractivity contribution in [2.45, 2.75) is 25.5 Å². The SMILES string of the molecule is C=C(NOCc1cccnc1)c1cccc(C2(C)CCSC(N)=N2)c1. The van der Waals surface area contributed by atoms with Crippen molar-refractivity contribution < 1.29 is 4.84 Å². The quantitative estimate of drug-likeness (QED) is 0.778. The van der Waals surface area contributed by atoms with Gasteiger partial charge in [-0.1, -0.05) is 42.6 Å². The molecule has 1 atom stereocenters. The van der Waals surface area contributed by atoms with Gasteiger partial charge in [-0.2, -0.15) is 0 Å². The molecule has 1 aromatic carbocycles. The molecule has 0 spiro atoms. The highest BCUT2D eigenvalue weighted by Crippen LogP contribution is 2.35. The van der Waals surface area contributed by atoms with Crippen LogP contribution in [0.15, 0.2) is 60.4 Å². The predicted octanol–water partition coefficient (Wildman–Crippen LogP) is 3.44. The van der Waals surface area contributed by atoms with Gasteiger partial charge in [0.1, 0.15) is 6.61 Å². The number of hydroxylamine groups is 1. The van der Waals surface area contributed by atoms with E-state index in [0.717, 1.165) is 28.9 Å². The van der Waals surface area contributed by atoms with Crippen LogP contribution in [-0.2, 0) is 17.0 Å². The molecular weight excluding hydrogens is 332 g/mol. The molecule has 1 unspecified atom stereocenters. The molecule has 130 valence electrons. The van der Waals surface area contributed by atoms with E-state index in [9.17, 15) is 0 Å². The first kappa shape index (κ1) is 17.5. The monoisotopic (exact) mass is 354 g/mol. The molecule has 0 amide bonds. The number of aliphatic imine (C=N–C) groups is 1. The van der Waals surface area contributed by atoms with E-state index in [1.54, 1.807) is 24.2 Å². The second-order valence-corrected chi connectivity index (χ2v) is 7.25. The lowest BCUT2D eigenvalue weighted by atomic mass is 9.88. The number of hydrogen-bond donors (Lipinski definition) is 2. The van der Waals surface area contributed by atoms with E-state index in [2.05, 4.69) is 41.1 Å². The third kappa shape index (κ3) is 4.41. The molecule has 0 saturated heterocycles. The summed E-state index contributed by atoms with van der Waals surface area (Å²) in [6, 6.07) is 12.0. The minimum atomic E-state index is -0.289. The molecule has 1 aliphatic rings. The first-order valence-electron chi connectivity index (χ1n) is 8.11. The van der Waals surface area contributed by atoms with Crippen LogP contribution >= 0.6 is 11.8 Å². The van der Waals surface area contributed by atoms with Crippen LogP contribution in [-0.4, -0.2) is 15.9 Å². The molecule has 0 saturated carbocycles. The number of amidine groups is 1. The molecule has 1 aromatic heterocycles. The van der Waals surface area contributed by atoms with Crippen LogP contribution in [0.3, 0.4) is 0 Å². The van der Waals surface area contributed by atoms with Gasteiger partial charge in [0.05, 0.1) is 11.2 Å². The summed E-state index contributed by atoms with van der Waals surface area (Å²) < 4.78 is 0. The number of nitrogens with two attached hydrogens (primary N) is 1. The van der Waals surface area contributed by atoms with Gasteiger partial charge in [-0.05, 0) is 42.2 Å². The zero-order valence-electron chi connectivity index (χ0n) is 14.2. The lowest BCUT2D eigenvalue weighted by Crippen LogP contribution is -2.28. The summed E-state index contributed by atoms with van der Waals surface area (Å²) >= 11 is 1.61. The standard InChI is InChI=1S/C19H22N4OS/c1-14(23-24-13-15-5-4-9-21-12-15)16-6-3-7-17(11-16)19(2)8-10-25-18(20)22-19/h3-7,9,11-12,23H,1,8,10,13H2,2H3,(H2,20,22). The van der Waals surface area contributed by atoms with E-state index < -0.39 is 0 Å². The van der Waals surface area contributed by atoms with Gasteiger partial charge >= 0.3 is 0 Å². The average molecular weight is 354 g/mol. The molecule has 5 nitrogen and oxygen atoms in total. The van der Waals surface area contributed by atoms with E-state index >= 15 is 0 Å². The molecule has 3 N–H and O–H groups in total. The van der Waals surface area contributed by atoms with Crippen molar-refractivity contribution >= 4 is 22.6 Å². The molecule has 0 fully saturated rings. The van der Waals surface area contributed by atoms with Crippen molar-refractivity contribution in [3.05, 3.63) is 72.1 Å². The summed E-state index contributed by atoms with van der Waals surface area (Å²) in [6.45, 7) is 6.60. The van der Waals surface area contributed by atoms with E-state index in [4.69, 9.17) is 10.6 Å². The molecule has 2 aromatic rings. The number of benzene rings is 1. The number of thioether (sulfide) groups is 1. The maximum Gasteiger partial charge on any atom is 0.154 e. The number of hydrogen-bond acceptors (Lipinski definition) is 6. The Balaban J connectivity index is 1.66. The van der Waals surface area contributed by atoms with Crippen molar-refractivity contribution in [3.63, 3.8) is 0 Å². The Hall–Kier alpha value is -2.31. The first-order chi connectivity index (χ1) is 12.1. The molecule has 0 aliphatic carbocycles. The van der Waals surface area contributed by atoms with E-state index in [1.807, 2.05) is 24.3 Å². The highest BCUT2D eigenvalue weighted by molar-refractivity contribution is 8.13. The molecule has 0 radical (unpaired) electrons. The van der Waals surface area contributed by atoms with Gasteiger partial charge in [0.25, 0.3) is 0 Å². The molecule has 1 aliphatic heterocycles. The number of aromatic nitrogens is 1. The fourth-order valence-corrected chi connectivity index (χ4v) is 3.66. The Kier molecular flexibility index (Phi) is 5.40. The fourth-order valence-electron chi connectivity index (χ4n) is 2.69. The van der Waals surface area contributed by atoms with Crippen molar-refractivity contribution in [2.75, 3.05) is 5.75 Å². The maximum absolute atomic E-state index is 5.92. The zero-order valence-corrected chi connectivity index (χ0v) is 15.1. The molecule has 2 heterocycles. The predicted molar refractivity (Wildman–Crippen MR) is 104 cm³/mol. The van der Waals surface area contributed by atoms with E-state index in [0.29, 0.717) is 17.5 Å². The van der Waals surface area contributed by atoms with Crippen LogP contribution in [0.5, 0.6) is 0 Å². The highest BCUT2D eigenvalue weighted by atomic mass is 32.2. The third-order valence-electron chi connectivity index (χ3n) is 4.19. The number of nitrogens with one attached hydrogen (secondary N) is 1. The van der Waals surface area contributed by atoms with Crippen LogP contribution < -0.4 is 11.2 Å². The Bertz CT molecular complexity index is 778.